The molecule has 68 heavy (non-hydrogen) atoms. The second kappa shape index (κ2) is 18.7. The lowest BCUT2D eigenvalue weighted by Gasteiger charge is -2.29. The molecular weight excluding hydrogens is 819 g/mol. The van der Waals surface area contributed by atoms with E-state index < -0.39 is 0 Å². The minimum atomic E-state index is -0.0788. The number of hydrogen-bond donors (Lipinski definition) is 0. The zero-order chi connectivity index (χ0) is 45.6. The lowest BCUT2D eigenvalue weighted by atomic mass is 9.77. The van der Waals surface area contributed by atoms with E-state index in [4.69, 9.17) is 0 Å². The quantitative estimate of drug-likeness (QED) is 0.140. The van der Waals surface area contributed by atoms with Crippen LogP contribution in [0.25, 0.3) is 44.5 Å². The summed E-state index contributed by atoms with van der Waals surface area (Å²) in [6, 6.07) is 57.5. The number of nitrogens with zero attached hydrogens (tertiary/aromatic N) is 1. The van der Waals surface area contributed by atoms with E-state index in [0.29, 0.717) is 5.92 Å². The fourth-order valence-corrected chi connectivity index (χ4v) is 13.9. The average molecular weight is 890 g/mol. The topological polar surface area (TPSA) is 3.24 Å². The molecule has 7 aromatic carbocycles. The molecule has 0 bridgehead atoms. The third-order valence-corrected chi connectivity index (χ3v) is 17.7. The van der Waals surface area contributed by atoms with Crippen LogP contribution in [-0.2, 0) is 18.3 Å². The third kappa shape index (κ3) is 8.26. The Morgan fingerprint density at radius 3 is 1.43 bits per heavy atom. The second-order valence-electron chi connectivity index (χ2n) is 22.2. The zero-order valence-corrected chi connectivity index (χ0v) is 41.0. The molecule has 1 heteroatoms. The predicted molar refractivity (Wildman–Crippen MR) is 289 cm³/mol. The normalized spacial score (nSPS) is 18.4. The molecule has 5 aliphatic rings. The van der Waals surface area contributed by atoms with Gasteiger partial charge >= 0.3 is 0 Å². The molecule has 0 unspecified atom stereocenters. The Hall–Kier alpha value is -5.66. The van der Waals surface area contributed by atoms with Gasteiger partial charge in [-0.2, -0.15) is 0 Å². The van der Waals surface area contributed by atoms with Crippen molar-refractivity contribution >= 4 is 17.1 Å². The van der Waals surface area contributed by atoms with Crippen molar-refractivity contribution in [3.05, 3.63) is 185 Å². The summed E-state index contributed by atoms with van der Waals surface area (Å²) in [6.45, 7) is 4.79. The molecule has 3 saturated carbocycles. The molecule has 3 fully saturated rings. The average Bonchev–Trinajstić information content (AvgIpc) is 3.64. The van der Waals surface area contributed by atoms with Gasteiger partial charge in [-0.1, -0.05) is 181 Å². The first kappa shape index (κ1) is 43.6. The highest BCUT2D eigenvalue weighted by molar-refractivity contribution is 5.87. The Morgan fingerprint density at radius 1 is 0.338 bits per heavy atom. The molecule has 7 aromatic rings. The van der Waals surface area contributed by atoms with E-state index in [1.807, 2.05) is 0 Å². The highest BCUT2D eigenvalue weighted by atomic mass is 15.1. The van der Waals surface area contributed by atoms with E-state index in [1.54, 1.807) is 22.3 Å². The van der Waals surface area contributed by atoms with Crippen molar-refractivity contribution in [1.82, 2.24) is 0 Å². The largest absolute Gasteiger partial charge is 0.310 e. The highest BCUT2D eigenvalue weighted by Crippen LogP contribution is 2.51. The Labute approximate surface area is 408 Å². The lowest BCUT2D eigenvalue weighted by Crippen LogP contribution is -2.16. The van der Waals surface area contributed by atoms with E-state index in [0.717, 1.165) is 18.3 Å². The van der Waals surface area contributed by atoms with Gasteiger partial charge in [0.1, 0.15) is 0 Å². The van der Waals surface area contributed by atoms with Crippen molar-refractivity contribution in [3.63, 3.8) is 0 Å². The van der Waals surface area contributed by atoms with Crippen LogP contribution in [0.4, 0.5) is 17.1 Å². The van der Waals surface area contributed by atoms with Gasteiger partial charge < -0.3 is 4.90 Å². The predicted octanol–water partition coefficient (Wildman–Crippen LogP) is 19.5. The van der Waals surface area contributed by atoms with Crippen LogP contribution in [0.15, 0.2) is 146 Å². The Kier molecular flexibility index (Phi) is 12.0. The van der Waals surface area contributed by atoms with Crippen LogP contribution in [0.3, 0.4) is 0 Å². The summed E-state index contributed by atoms with van der Waals surface area (Å²) in [7, 11) is 0. The highest BCUT2D eigenvalue weighted by Gasteiger charge is 2.36. The Morgan fingerprint density at radius 2 is 0.824 bits per heavy atom. The van der Waals surface area contributed by atoms with E-state index in [2.05, 4.69) is 164 Å². The van der Waals surface area contributed by atoms with Gasteiger partial charge in [0.25, 0.3) is 0 Å². The van der Waals surface area contributed by atoms with Crippen LogP contribution in [0.2, 0.25) is 0 Å². The molecule has 0 saturated heterocycles. The van der Waals surface area contributed by atoms with Crippen LogP contribution in [-0.4, -0.2) is 0 Å². The monoisotopic (exact) mass is 890 g/mol. The van der Waals surface area contributed by atoms with Crippen molar-refractivity contribution < 1.29 is 0 Å². The fraction of sp³-hybridized carbons (Fsp3) is 0.373. The molecule has 0 heterocycles. The second-order valence-corrected chi connectivity index (χ2v) is 22.2. The number of benzene rings is 7. The molecule has 0 aromatic heterocycles. The Balaban J connectivity index is 0.908. The molecule has 0 amide bonds. The van der Waals surface area contributed by atoms with E-state index in [9.17, 15) is 0 Å². The Bertz CT molecular complexity index is 2880. The molecule has 0 aliphatic heterocycles. The summed E-state index contributed by atoms with van der Waals surface area (Å²) in [6.07, 6.45) is 25.4. The zero-order valence-electron chi connectivity index (χ0n) is 41.0. The molecule has 5 aliphatic carbocycles. The number of rotatable bonds is 9. The summed E-state index contributed by atoms with van der Waals surface area (Å²) in [4.78, 5) is 2.49. The molecule has 0 spiro atoms. The maximum absolute atomic E-state index is 2.66. The van der Waals surface area contributed by atoms with Crippen LogP contribution < -0.4 is 4.90 Å². The van der Waals surface area contributed by atoms with E-state index in [-0.39, 0.29) is 5.41 Å². The van der Waals surface area contributed by atoms with Crippen LogP contribution in [0.5, 0.6) is 0 Å². The van der Waals surface area contributed by atoms with Gasteiger partial charge in [0.15, 0.2) is 0 Å². The van der Waals surface area contributed by atoms with E-state index in [1.165, 1.54) is 194 Å². The molecule has 0 radical (unpaired) electrons. The summed E-state index contributed by atoms with van der Waals surface area (Å²) in [5.41, 5.74) is 25.4. The van der Waals surface area contributed by atoms with Crippen molar-refractivity contribution in [2.75, 3.05) is 4.90 Å². The summed E-state index contributed by atoms with van der Waals surface area (Å²) < 4.78 is 0. The van der Waals surface area contributed by atoms with Crippen LogP contribution in [0.1, 0.15) is 180 Å². The number of anilines is 3. The van der Waals surface area contributed by atoms with Crippen molar-refractivity contribution in [3.8, 4) is 44.5 Å². The van der Waals surface area contributed by atoms with Crippen molar-refractivity contribution in [2.24, 2.45) is 0 Å². The number of hydrogen-bond acceptors (Lipinski definition) is 1. The van der Waals surface area contributed by atoms with Gasteiger partial charge in [0.05, 0.1) is 0 Å². The van der Waals surface area contributed by atoms with Gasteiger partial charge in [-0.15, -0.1) is 0 Å². The van der Waals surface area contributed by atoms with Crippen LogP contribution in [0, 0.1) is 0 Å². The SMILES string of the molecule is CC1(C)c2ccccc2-c2ccc(N(c3ccc(-c4cccc(C5CCCCC5)c4)cc3)c3ccc(-c4ccc(-c5cc(C6CCCCC6)cc(C6CCCCC6)c5)c5c4CCCC5)cc3)cc21. The molecule has 0 N–H and O–H groups in total. The van der Waals surface area contributed by atoms with Crippen LogP contribution >= 0.6 is 0 Å². The van der Waals surface area contributed by atoms with Gasteiger partial charge in [0.2, 0.25) is 0 Å². The number of fused-ring (bicyclic) bond motifs is 4. The molecule has 1 nitrogen and oxygen atoms in total. The third-order valence-electron chi connectivity index (χ3n) is 17.7. The van der Waals surface area contributed by atoms with Gasteiger partial charge in [0, 0.05) is 22.5 Å². The smallest absolute Gasteiger partial charge is 0.0465 e. The molecule has 0 atom stereocenters. The maximum atomic E-state index is 2.66. The van der Waals surface area contributed by atoms with E-state index >= 15 is 0 Å². The molecule has 344 valence electrons. The maximum Gasteiger partial charge on any atom is 0.0465 e. The molecule has 12 rings (SSSR count). The molecular formula is C67H71N. The summed E-state index contributed by atoms with van der Waals surface area (Å²) in [5.74, 6) is 2.14. The first-order valence-corrected chi connectivity index (χ1v) is 27.1. The standard InChI is InChI=1S/C67H71N/c1-67(2)65-28-15-14-27-63(65)64-38-37-58(45-66(64)67)68(56-33-29-49(30-34-56)52-24-16-23-51(41-52)46-17-6-3-7-18-46)57-35-31-50(32-36-57)59-39-40-60(62-26-13-12-25-61(59)62)55-43-53(47-19-8-4-9-20-47)42-54(44-55)48-21-10-5-11-22-48/h14-16,23-24,27-48H,3-13,17-22,25-26H2,1-2H3. The lowest BCUT2D eigenvalue weighted by molar-refractivity contribution is 0.435. The minimum Gasteiger partial charge on any atom is -0.310 e. The summed E-state index contributed by atoms with van der Waals surface area (Å²) >= 11 is 0. The van der Waals surface area contributed by atoms with Crippen molar-refractivity contribution in [2.45, 2.75) is 159 Å². The van der Waals surface area contributed by atoms with Gasteiger partial charge in [-0.25, -0.2) is 0 Å². The van der Waals surface area contributed by atoms with Gasteiger partial charge in [-0.05, 0) is 202 Å². The first-order valence-electron chi connectivity index (χ1n) is 27.1. The fourth-order valence-electron chi connectivity index (χ4n) is 13.9. The first-order chi connectivity index (χ1) is 33.5. The van der Waals surface area contributed by atoms with Crippen molar-refractivity contribution in [1.29, 1.82) is 0 Å². The summed E-state index contributed by atoms with van der Waals surface area (Å²) in [5, 5.41) is 0. The van der Waals surface area contributed by atoms with Gasteiger partial charge in [-0.3, -0.25) is 0 Å². The minimum absolute atomic E-state index is 0.0788.